The van der Waals surface area contributed by atoms with Crippen molar-refractivity contribution in [3.05, 3.63) is 16.3 Å². The first-order chi connectivity index (χ1) is 9.04. The molecule has 2 rings (SSSR count). The molecule has 1 aliphatic rings. The van der Waals surface area contributed by atoms with Crippen molar-refractivity contribution in [1.82, 2.24) is 14.5 Å². The van der Waals surface area contributed by atoms with Crippen molar-refractivity contribution in [2.24, 2.45) is 0 Å². The normalized spacial score (nSPS) is 18.8. The SMILES string of the molecule is CCNCc1cc(S(=O)(=O)N2CCN(C)CC2)cs1. The van der Waals surface area contributed by atoms with Gasteiger partial charge in [0, 0.05) is 43.0 Å². The molecule has 1 aliphatic heterocycles. The Morgan fingerprint density at radius 1 is 1.32 bits per heavy atom. The summed E-state index contributed by atoms with van der Waals surface area (Å²) in [5, 5.41) is 4.96. The Morgan fingerprint density at radius 2 is 2.00 bits per heavy atom. The monoisotopic (exact) mass is 303 g/mol. The molecule has 0 unspecified atom stereocenters. The van der Waals surface area contributed by atoms with Crippen LogP contribution < -0.4 is 5.32 Å². The number of piperazine rings is 1. The number of hydrogen-bond acceptors (Lipinski definition) is 5. The van der Waals surface area contributed by atoms with E-state index in [0.717, 1.165) is 31.1 Å². The number of likely N-dealkylation sites (N-methyl/N-ethyl adjacent to an activating group) is 1. The van der Waals surface area contributed by atoms with E-state index in [9.17, 15) is 8.42 Å². The van der Waals surface area contributed by atoms with Gasteiger partial charge in [0.2, 0.25) is 10.0 Å². The molecule has 0 atom stereocenters. The van der Waals surface area contributed by atoms with E-state index >= 15 is 0 Å². The van der Waals surface area contributed by atoms with Gasteiger partial charge in [-0.1, -0.05) is 6.92 Å². The fraction of sp³-hybridized carbons (Fsp3) is 0.667. The van der Waals surface area contributed by atoms with Crippen LogP contribution in [0.1, 0.15) is 11.8 Å². The quantitative estimate of drug-likeness (QED) is 0.874. The van der Waals surface area contributed by atoms with Gasteiger partial charge in [0.1, 0.15) is 0 Å². The molecule has 1 saturated heterocycles. The Morgan fingerprint density at radius 3 is 2.63 bits per heavy atom. The number of rotatable bonds is 5. The lowest BCUT2D eigenvalue weighted by molar-refractivity contribution is 0.222. The largest absolute Gasteiger partial charge is 0.312 e. The average molecular weight is 303 g/mol. The van der Waals surface area contributed by atoms with Gasteiger partial charge in [0.25, 0.3) is 0 Å². The van der Waals surface area contributed by atoms with E-state index in [1.165, 1.54) is 11.3 Å². The van der Waals surface area contributed by atoms with Gasteiger partial charge in [-0.05, 0) is 19.7 Å². The second kappa shape index (κ2) is 6.32. The maximum Gasteiger partial charge on any atom is 0.243 e. The molecule has 0 radical (unpaired) electrons. The lowest BCUT2D eigenvalue weighted by Crippen LogP contribution is -2.46. The third-order valence-corrected chi connectivity index (χ3v) is 6.24. The first-order valence-electron chi connectivity index (χ1n) is 6.51. The summed E-state index contributed by atoms with van der Waals surface area (Å²) in [5.41, 5.74) is 0. The molecule has 0 spiro atoms. The fourth-order valence-corrected chi connectivity index (χ4v) is 4.67. The standard InChI is InChI=1S/C12H21N3O2S2/c1-3-13-9-11-8-12(10-18-11)19(16,17)15-6-4-14(2)5-7-15/h8,10,13H,3-7,9H2,1-2H3. The number of hydrogen-bond donors (Lipinski definition) is 1. The molecule has 7 heteroatoms. The average Bonchev–Trinajstić information content (AvgIpc) is 2.86. The topological polar surface area (TPSA) is 52.7 Å². The van der Waals surface area contributed by atoms with Crippen LogP contribution in [0.25, 0.3) is 0 Å². The summed E-state index contributed by atoms with van der Waals surface area (Å²) in [7, 11) is -1.28. The van der Waals surface area contributed by atoms with E-state index in [1.807, 2.05) is 14.0 Å². The fourth-order valence-electron chi connectivity index (χ4n) is 2.01. The number of thiophene rings is 1. The van der Waals surface area contributed by atoms with Crippen molar-refractivity contribution in [3.63, 3.8) is 0 Å². The second-order valence-corrected chi connectivity index (χ2v) is 7.67. The van der Waals surface area contributed by atoms with Gasteiger partial charge in [-0.3, -0.25) is 0 Å². The predicted octanol–water partition coefficient (Wildman–Crippen LogP) is 0.794. The maximum atomic E-state index is 12.5. The van der Waals surface area contributed by atoms with E-state index in [-0.39, 0.29) is 0 Å². The van der Waals surface area contributed by atoms with Crippen LogP contribution in [0, 0.1) is 0 Å². The molecule has 1 aromatic rings. The molecule has 19 heavy (non-hydrogen) atoms. The van der Waals surface area contributed by atoms with Crippen molar-refractivity contribution in [2.75, 3.05) is 39.8 Å². The molecule has 1 fully saturated rings. The van der Waals surface area contributed by atoms with Crippen LogP contribution in [0.2, 0.25) is 0 Å². The minimum absolute atomic E-state index is 0.440. The highest BCUT2D eigenvalue weighted by atomic mass is 32.2. The van der Waals surface area contributed by atoms with Crippen LogP contribution in [0.4, 0.5) is 0 Å². The second-order valence-electron chi connectivity index (χ2n) is 4.74. The molecule has 1 N–H and O–H groups in total. The lowest BCUT2D eigenvalue weighted by Gasteiger charge is -2.31. The summed E-state index contributed by atoms with van der Waals surface area (Å²) < 4.78 is 26.5. The Labute approximate surface area is 119 Å². The molecule has 0 bridgehead atoms. The lowest BCUT2D eigenvalue weighted by atomic mass is 10.4. The van der Waals surface area contributed by atoms with E-state index < -0.39 is 10.0 Å². The number of nitrogens with zero attached hydrogens (tertiary/aromatic N) is 2. The summed E-state index contributed by atoms with van der Waals surface area (Å²) in [5.74, 6) is 0. The van der Waals surface area contributed by atoms with Crippen molar-refractivity contribution < 1.29 is 8.42 Å². The zero-order valence-corrected chi connectivity index (χ0v) is 13.1. The first kappa shape index (κ1) is 14.9. The Bertz CT molecular complexity index is 505. The van der Waals surface area contributed by atoms with E-state index in [0.29, 0.717) is 18.0 Å². The van der Waals surface area contributed by atoms with Crippen molar-refractivity contribution in [1.29, 1.82) is 0 Å². The minimum atomic E-state index is -3.30. The van der Waals surface area contributed by atoms with Gasteiger partial charge in [-0.25, -0.2) is 8.42 Å². The van der Waals surface area contributed by atoms with E-state index in [4.69, 9.17) is 0 Å². The van der Waals surface area contributed by atoms with Crippen molar-refractivity contribution in [2.45, 2.75) is 18.4 Å². The predicted molar refractivity (Wildman–Crippen MR) is 78.0 cm³/mol. The van der Waals surface area contributed by atoms with Crippen LogP contribution in [-0.4, -0.2) is 57.4 Å². The third kappa shape index (κ3) is 3.55. The molecular formula is C12H21N3O2S2. The zero-order valence-electron chi connectivity index (χ0n) is 11.4. The number of nitrogens with one attached hydrogen (secondary N) is 1. The summed E-state index contributed by atoms with van der Waals surface area (Å²) in [6, 6.07) is 1.79. The molecule has 108 valence electrons. The third-order valence-electron chi connectivity index (χ3n) is 3.28. The van der Waals surface area contributed by atoms with Gasteiger partial charge < -0.3 is 10.2 Å². The molecule has 0 aromatic carbocycles. The van der Waals surface area contributed by atoms with Crippen molar-refractivity contribution >= 4 is 21.4 Å². The smallest absolute Gasteiger partial charge is 0.243 e. The first-order valence-corrected chi connectivity index (χ1v) is 8.83. The van der Waals surface area contributed by atoms with E-state index in [2.05, 4.69) is 10.2 Å². The molecular weight excluding hydrogens is 282 g/mol. The van der Waals surface area contributed by atoms with Gasteiger partial charge >= 0.3 is 0 Å². The van der Waals surface area contributed by atoms with Crippen LogP contribution in [0.5, 0.6) is 0 Å². The van der Waals surface area contributed by atoms with Crippen LogP contribution >= 0.6 is 11.3 Å². The van der Waals surface area contributed by atoms with Crippen LogP contribution in [0.15, 0.2) is 16.3 Å². The molecule has 0 saturated carbocycles. The minimum Gasteiger partial charge on any atom is -0.312 e. The molecule has 0 amide bonds. The highest BCUT2D eigenvalue weighted by Gasteiger charge is 2.28. The van der Waals surface area contributed by atoms with Crippen LogP contribution in [-0.2, 0) is 16.6 Å². The van der Waals surface area contributed by atoms with Gasteiger partial charge in [-0.15, -0.1) is 11.3 Å². The zero-order chi connectivity index (χ0) is 13.9. The summed E-state index contributed by atoms with van der Waals surface area (Å²) in [6.07, 6.45) is 0. The molecule has 2 heterocycles. The molecule has 1 aromatic heterocycles. The summed E-state index contributed by atoms with van der Waals surface area (Å²) >= 11 is 1.50. The van der Waals surface area contributed by atoms with Gasteiger partial charge in [0.15, 0.2) is 0 Å². The summed E-state index contributed by atoms with van der Waals surface area (Å²) in [4.78, 5) is 3.65. The van der Waals surface area contributed by atoms with Crippen molar-refractivity contribution in [3.8, 4) is 0 Å². The van der Waals surface area contributed by atoms with Crippen LogP contribution in [0.3, 0.4) is 0 Å². The Hall–Kier alpha value is -0.470. The van der Waals surface area contributed by atoms with Gasteiger partial charge in [0.05, 0.1) is 4.90 Å². The van der Waals surface area contributed by atoms with E-state index in [1.54, 1.807) is 15.8 Å². The highest BCUT2D eigenvalue weighted by molar-refractivity contribution is 7.89. The highest BCUT2D eigenvalue weighted by Crippen LogP contribution is 2.23. The Kier molecular flexibility index (Phi) is 4.97. The van der Waals surface area contributed by atoms with Gasteiger partial charge in [-0.2, -0.15) is 4.31 Å². The molecule has 5 nitrogen and oxygen atoms in total. The summed E-state index contributed by atoms with van der Waals surface area (Å²) in [6.45, 7) is 6.42. The maximum absolute atomic E-state index is 12.5. The number of sulfonamides is 1. The molecule has 0 aliphatic carbocycles. The Balaban J connectivity index is 2.08.